The molecule has 0 aliphatic carbocycles. The van der Waals surface area contributed by atoms with Gasteiger partial charge in [-0.15, -0.1) is 0 Å². The van der Waals surface area contributed by atoms with Crippen LogP contribution in [0, 0.1) is 0 Å². The number of hydrogen-bond donors (Lipinski definition) is 1. The Bertz CT molecular complexity index is 1170. The van der Waals surface area contributed by atoms with E-state index in [2.05, 4.69) is 20.2 Å². The Kier molecular flexibility index (Phi) is 7.00. The Morgan fingerprint density at radius 3 is 2.72 bits per heavy atom. The van der Waals surface area contributed by atoms with E-state index in [0.717, 1.165) is 31.1 Å². The first-order valence-electron chi connectivity index (χ1n) is 10.8. The minimum absolute atomic E-state index is 0.0824. The van der Waals surface area contributed by atoms with Crippen LogP contribution >= 0.6 is 23.1 Å². The number of anilines is 2. The molecule has 1 amide bonds. The van der Waals surface area contributed by atoms with Gasteiger partial charge in [-0.25, -0.2) is 4.98 Å². The third-order valence-corrected chi connectivity index (χ3v) is 7.15. The molecule has 1 saturated heterocycles. The number of thiazole rings is 1. The molecular formula is C22H27N5O3S2. The molecule has 170 valence electrons. The van der Waals surface area contributed by atoms with Crippen LogP contribution in [0.5, 0.6) is 5.75 Å². The number of nitrogens with one attached hydrogen (secondary N) is 1. The van der Waals surface area contributed by atoms with Gasteiger partial charge >= 0.3 is 0 Å². The van der Waals surface area contributed by atoms with Gasteiger partial charge in [-0.3, -0.25) is 14.2 Å². The molecule has 3 aromatic rings. The van der Waals surface area contributed by atoms with E-state index in [1.165, 1.54) is 23.1 Å². The highest BCUT2D eigenvalue weighted by Gasteiger charge is 2.22. The number of rotatable bonds is 8. The Labute approximate surface area is 195 Å². The molecule has 2 aromatic heterocycles. The Hall–Kier alpha value is -2.59. The summed E-state index contributed by atoms with van der Waals surface area (Å²) >= 11 is 2.65. The van der Waals surface area contributed by atoms with E-state index in [0.29, 0.717) is 33.5 Å². The number of aromatic nitrogens is 3. The summed E-state index contributed by atoms with van der Waals surface area (Å²) in [4.78, 5) is 37.4. The maximum atomic E-state index is 13.2. The number of carbonyl (C=O) groups excluding carboxylic acids is 1. The lowest BCUT2D eigenvalue weighted by Gasteiger charge is -2.15. The van der Waals surface area contributed by atoms with Gasteiger partial charge in [-0.05, 0) is 45.7 Å². The fourth-order valence-corrected chi connectivity index (χ4v) is 5.54. The molecular weight excluding hydrogens is 446 g/mol. The van der Waals surface area contributed by atoms with Crippen molar-refractivity contribution in [1.82, 2.24) is 14.5 Å². The van der Waals surface area contributed by atoms with Crippen LogP contribution in [-0.4, -0.2) is 45.9 Å². The fourth-order valence-electron chi connectivity index (χ4n) is 3.63. The molecule has 0 unspecified atom stereocenters. The second kappa shape index (κ2) is 9.91. The first-order chi connectivity index (χ1) is 15.5. The highest BCUT2D eigenvalue weighted by molar-refractivity contribution is 7.99. The summed E-state index contributed by atoms with van der Waals surface area (Å²) in [6.07, 6.45) is 2.28. The maximum absolute atomic E-state index is 13.2. The average Bonchev–Trinajstić information content (AvgIpc) is 3.43. The molecule has 1 aliphatic rings. The van der Waals surface area contributed by atoms with Crippen LogP contribution in [0.25, 0.3) is 10.3 Å². The number of nitrogens with zero attached hydrogens (tertiary/aromatic N) is 4. The summed E-state index contributed by atoms with van der Waals surface area (Å²) in [7, 11) is 0. The number of para-hydroxylation sites is 2. The minimum Gasteiger partial charge on any atom is -0.492 e. The molecule has 1 N–H and O–H groups in total. The lowest BCUT2D eigenvalue weighted by atomic mass is 10.3. The highest BCUT2D eigenvalue weighted by Crippen LogP contribution is 2.30. The predicted octanol–water partition coefficient (Wildman–Crippen LogP) is 4.16. The summed E-state index contributed by atoms with van der Waals surface area (Å²) in [5, 5.41) is 4.24. The second-order valence-electron chi connectivity index (χ2n) is 7.77. The molecule has 0 saturated carbocycles. The largest absolute Gasteiger partial charge is 0.492 e. The van der Waals surface area contributed by atoms with Gasteiger partial charge in [0, 0.05) is 19.1 Å². The van der Waals surface area contributed by atoms with Crippen LogP contribution in [0.2, 0.25) is 0 Å². The fraction of sp³-hybridized carbons (Fsp3) is 0.455. The summed E-state index contributed by atoms with van der Waals surface area (Å²) in [6.45, 7) is 8.22. The number of carbonyl (C=O) groups is 1. The third-order valence-electron chi connectivity index (χ3n) is 5.10. The molecule has 0 radical (unpaired) electrons. The van der Waals surface area contributed by atoms with E-state index in [4.69, 9.17) is 4.74 Å². The van der Waals surface area contributed by atoms with Crippen LogP contribution in [0.3, 0.4) is 0 Å². The van der Waals surface area contributed by atoms with Crippen LogP contribution in [0.15, 0.2) is 34.2 Å². The topological polar surface area (TPSA) is 89.3 Å². The monoisotopic (exact) mass is 473 g/mol. The van der Waals surface area contributed by atoms with Gasteiger partial charge in [-0.1, -0.05) is 35.2 Å². The van der Waals surface area contributed by atoms with Crippen molar-refractivity contribution in [2.45, 2.75) is 44.8 Å². The molecule has 0 bridgehead atoms. The zero-order valence-electron chi connectivity index (χ0n) is 18.5. The van der Waals surface area contributed by atoms with Crippen molar-refractivity contribution in [3.05, 3.63) is 34.6 Å². The number of fused-ring (bicyclic) bond motifs is 1. The second-order valence-corrected chi connectivity index (χ2v) is 9.69. The van der Waals surface area contributed by atoms with Crippen molar-refractivity contribution >= 4 is 50.2 Å². The van der Waals surface area contributed by atoms with E-state index >= 15 is 0 Å². The lowest BCUT2D eigenvalue weighted by Crippen LogP contribution is -2.25. The molecule has 10 heteroatoms. The zero-order valence-corrected chi connectivity index (χ0v) is 20.1. The van der Waals surface area contributed by atoms with Gasteiger partial charge in [0.2, 0.25) is 5.91 Å². The van der Waals surface area contributed by atoms with Gasteiger partial charge < -0.3 is 15.0 Å². The Morgan fingerprint density at radius 2 is 2.00 bits per heavy atom. The summed E-state index contributed by atoms with van der Waals surface area (Å²) < 4.78 is 7.79. The summed E-state index contributed by atoms with van der Waals surface area (Å²) in [5.41, 5.74) is 0.986. The maximum Gasteiger partial charge on any atom is 0.274 e. The number of thioether (sulfide) groups is 1. The SMILES string of the molecule is CCOc1ccccc1NC(=O)CSc1nc2nc(N3CCCC3)sc2c(=O)n1C(C)C. The van der Waals surface area contributed by atoms with Gasteiger partial charge in [0.05, 0.1) is 18.0 Å². The zero-order chi connectivity index (χ0) is 22.7. The molecule has 1 aromatic carbocycles. The van der Waals surface area contributed by atoms with E-state index in [-0.39, 0.29) is 23.3 Å². The van der Waals surface area contributed by atoms with Crippen molar-refractivity contribution in [3.8, 4) is 5.75 Å². The Morgan fingerprint density at radius 1 is 1.25 bits per heavy atom. The van der Waals surface area contributed by atoms with E-state index < -0.39 is 0 Å². The molecule has 1 fully saturated rings. The number of benzene rings is 1. The van der Waals surface area contributed by atoms with Crippen molar-refractivity contribution < 1.29 is 9.53 Å². The van der Waals surface area contributed by atoms with Gasteiger partial charge in [0.15, 0.2) is 15.9 Å². The highest BCUT2D eigenvalue weighted by atomic mass is 32.2. The third kappa shape index (κ3) is 4.75. The number of ether oxygens (including phenoxy) is 1. The summed E-state index contributed by atoms with van der Waals surface area (Å²) in [5.74, 6) is 0.556. The lowest BCUT2D eigenvalue weighted by molar-refractivity contribution is -0.113. The van der Waals surface area contributed by atoms with E-state index in [9.17, 15) is 9.59 Å². The molecule has 4 rings (SSSR count). The molecule has 3 heterocycles. The standard InChI is InChI=1S/C22H27N5O3S2/c1-4-30-16-10-6-5-9-15(16)23-17(28)13-31-22-25-19-18(20(29)27(22)14(2)3)32-21(24-19)26-11-7-8-12-26/h5-6,9-10,14H,4,7-8,11-13H2,1-3H3,(H,23,28). The van der Waals surface area contributed by atoms with E-state index in [1.54, 1.807) is 10.6 Å². The first-order valence-corrected chi connectivity index (χ1v) is 12.6. The predicted molar refractivity (Wildman–Crippen MR) is 130 cm³/mol. The van der Waals surface area contributed by atoms with Crippen molar-refractivity contribution in [2.75, 3.05) is 35.7 Å². The van der Waals surface area contributed by atoms with Crippen LogP contribution in [0.1, 0.15) is 39.7 Å². The van der Waals surface area contributed by atoms with Crippen molar-refractivity contribution in [3.63, 3.8) is 0 Å². The number of amides is 1. The van der Waals surface area contributed by atoms with Crippen LogP contribution in [0.4, 0.5) is 10.8 Å². The first kappa shape index (κ1) is 22.6. The molecule has 0 spiro atoms. The smallest absolute Gasteiger partial charge is 0.274 e. The molecule has 0 atom stereocenters. The summed E-state index contributed by atoms with van der Waals surface area (Å²) in [6, 6.07) is 7.24. The molecule has 8 nitrogen and oxygen atoms in total. The average molecular weight is 474 g/mol. The molecule has 32 heavy (non-hydrogen) atoms. The quantitative estimate of drug-likeness (QED) is 0.388. The van der Waals surface area contributed by atoms with Gasteiger partial charge in [-0.2, -0.15) is 4.98 Å². The van der Waals surface area contributed by atoms with E-state index in [1.807, 2.05) is 39.0 Å². The number of hydrogen-bond acceptors (Lipinski definition) is 8. The van der Waals surface area contributed by atoms with Crippen molar-refractivity contribution in [1.29, 1.82) is 0 Å². The van der Waals surface area contributed by atoms with Crippen LogP contribution in [-0.2, 0) is 4.79 Å². The minimum atomic E-state index is -0.192. The normalized spacial score (nSPS) is 13.8. The van der Waals surface area contributed by atoms with Crippen LogP contribution < -0.4 is 20.5 Å². The van der Waals surface area contributed by atoms with Crippen molar-refractivity contribution in [2.24, 2.45) is 0 Å². The van der Waals surface area contributed by atoms with Gasteiger partial charge in [0.25, 0.3) is 5.56 Å². The Balaban J connectivity index is 1.56. The van der Waals surface area contributed by atoms with Gasteiger partial charge in [0.1, 0.15) is 10.4 Å². The molecule has 1 aliphatic heterocycles.